The average Bonchev–Trinajstić information content (AvgIpc) is 2.66. The van der Waals surface area contributed by atoms with Gasteiger partial charge in [-0.05, 0) is 47.0 Å². The van der Waals surface area contributed by atoms with Crippen molar-refractivity contribution in [2.24, 2.45) is 11.1 Å². The molecule has 1 aromatic carbocycles. The highest BCUT2D eigenvalue weighted by Gasteiger charge is 2.20. The van der Waals surface area contributed by atoms with E-state index in [1.807, 2.05) is 0 Å². The smallest absolute Gasteiger partial charge is 0.239 e. The van der Waals surface area contributed by atoms with Crippen molar-refractivity contribution in [3.8, 4) is 0 Å². The van der Waals surface area contributed by atoms with Gasteiger partial charge in [-0.1, -0.05) is 25.7 Å². The maximum atomic E-state index is 12.2. The van der Waals surface area contributed by atoms with E-state index in [1.165, 1.54) is 18.9 Å². The fraction of sp³-hybridized carbons (Fsp3) is 0.500. The van der Waals surface area contributed by atoms with Crippen LogP contribution in [0.2, 0.25) is 0 Å². The second-order valence-electron chi connectivity index (χ2n) is 5.37. The van der Waals surface area contributed by atoms with E-state index < -0.39 is 10.0 Å². The highest BCUT2D eigenvalue weighted by molar-refractivity contribution is 9.10. The number of primary sulfonamides is 1. The normalized spacial score (nSPS) is 17.2. The maximum absolute atomic E-state index is 12.2. The summed E-state index contributed by atoms with van der Waals surface area (Å²) >= 11 is 3.17. The highest BCUT2D eigenvalue weighted by atomic mass is 79.9. The molecule has 0 unspecified atom stereocenters. The number of anilines is 1. The van der Waals surface area contributed by atoms with E-state index in [9.17, 15) is 13.2 Å². The summed E-state index contributed by atoms with van der Waals surface area (Å²) in [6.45, 7) is 0. The number of halogens is 1. The third-order valence-electron chi connectivity index (χ3n) is 3.73. The maximum Gasteiger partial charge on any atom is 0.239 e. The third kappa shape index (κ3) is 4.52. The molecule has 1 aromatic rings. The van der Waals surface area contributed by atoms with E-state index in [4.69, 9.17) is 5.14 Å². The number of hydrogen-bond donors (Lipinski definition) is 2. The number of sulfonamides is 1. The van der Waals surface area contributed by atoms with E-state index in [1.54, 1.807) is 12.1 Å². The lowest BCUT2D eigenvalue weighted by atomic mass is 9.99. The van der Waals surface area contributed by atoms with Crippen LogP contribution in [0.3, 0.4) is 0 Å². The molecule has 3 N–H and O–H groups in total. The minimum Gasteiger partial charge on any atom is -0.326 e. The number of carbonyl (C=O) groups excluding carboxylic acids is 1. The molecule has 0 spiro atoms. The van der Waals surface area contributed by atoms with Crippen molar-refractivity contribution in [2.45, 2.75) is 43.4 Å². The zero-order valence-corrected chi connectivity index (χ0v) is 14.0. The van der Waals surface area contributed by atoms with Crippen LogP contribution >= 0.6 is 15.9 Å². The van der Waals surface area contributed by atoms with Gasteiger partial charge in [0.15, 0.2) is 0 Å². The zero-order chi connectivity index (χ0) is 15.5. The Kier molecular flexibility index (Phi) is 5.40. The summed E-state index contributed by atoms with van der Waals surface area (Å²) in [6.07, 6.45) is 6.40. The summed E-state index contributed by atoms with van der Waals surface area (Å²) in [5.41, 5.74) is 0.573. The number of benzene rings is 1. The lowest BCUT2D eigenvalue weighted by Gasteiger charge is -2.14. The molecule has 0 saturated heterocycles. The Hall–Kier alpha value is -0.920. The predicted octanol–water partition coefficient (Wildman–Crippen LogP) is 3.01. The van der Waals surface area contributed by atoms with Crippen molar-refractivity contribution in [1.29, 1.82) is 0 Å². The van der Waals surface area contributed by atoms with Gasteiger partial charge in [0.2, 0.25) is 15.9 Å². The van der Waals surface area contributed by atoms with Crippen LogP contribution in [-0.4, -0.2) is 14.3 Å². The van der Waals surface area contributed by atoms with Crippen LogP contribution in [-0.2, 0) is 14.8 Å². The number of rotatable bonds is 3. The SMILES string of the molecule is NS(=O)(=O)c1ccc(NC(=O)C2CCCCCC2)cc1Br. The van der Waals surface area contributed by atoms with Crippen LogP contribution in [0.5, 0.6) is 0 Å². The zero-order valence-electron chi connectivity index (χ0n) is 11.6. The van der Waals surface area contributed by atoms with Crippen molar-refractivity contribution >= 4 is 37.5 Å². The summed E-state index contributed by atoms with van der Waals surface area (Å²) in [5.74, 6) is 0.0522. The highest BCUT2D eigenvalue weighted by Crippen LogP contribution is 2.27. The summed E-state index contributed by atoms with van der Waals surface area (Å²) in [5, 5.41) is 7.95. The van der Waals surface area contributed by atoms with Gasteiger partial charge in [0, 0.05) is 16.1 Å². The van der Waals surface area contributed by atoms with E-state index in [0.29, 0.717) is 10.2 Å². The van der Waals surface area contributed by atoms with Crippen LogP contribution in [0.15, 0.2) is 27.6 Å². The number of carbonyl (C=O) groups is 1. The van der Waals surface area contributed by atoms with Crippen LogP contribution in [0.25, 0.3) is 0 Å². The van der Waals surface area contributed by atoms with E-state index in [2.05, 4.69) is 21.2 Å². The molecule has 2 rings (SSSR count). The van der Waals surface area contributed by atoms with Gasteiger partial charge in [-0.15, -0.1) is 0 Å². The molecule has 7 heteroatoms. The summed E-state index contributed by atoms with van der Waals surface area (Å²) in [7, 11) is -3.76. The molecule has 1 saturated carbocycles. The Bertz CT molecular complexity index is 623. The Morgan fingerprint density at radius 2 is 1.81 bits per heavy atom. The Morgan fingerprint density at radius 1 is 1.19 bits per heavy atom. The lowest BCUT2D eigenvalue weighted by Crippen LogP contribution is -2.22. The molecule has 1 aliphatic rings. The van der Waals surface area contributed by atoms with Gasteiger partial charge >= 0.3 is 0 Å². The first-order valence-electron chi connectivity index (χ1n) is 7.01. The lowest BCUT2D eigenvalue weighted by molar-refractivity contribution is -0.120. The van der Waals surface area contributed by atoms with Crippen molar-refractivity contribution in [3.63, 3.8) is 0 Å². The molecule has 0 bridgehead atoms. The molecule has 5 nitrogen and oxygen atoms in total. The first kappa shape index (κ1) is 16.5. The first-order valence-corrected chi connectivity index (χ1v) is 9.35. The predicted molar refractivity (Wildman–Crippen MR) is 85.3 cm³/mol. The van der Waals surface area contributed by atoms with Gasteiger partial charge in [-0.3, -0.25) is 4.79 Å². The topological polar surface area (TPSA) is 89.3 Å². The van der Waals surface area contributed by atoms with E-state index in [0.717, 1.165) is 25.7 Å². The summed E-state index contributed by atoms with van der Waals surface area (Å²) < 4.78 is 23.0. The fourth-order valence-corrected chi connectivity index (χ4v) is 4.24. The van der Waals surface area contributed by atoms with Gasteiger partial charge in [0.25, 0.3) is 0 Å². The van der Waals surface area contributed by atoms with Crippen molar-refractivity contribution in [1.82, 2.24) is 0 Å². The third-order valence-corrected chi connectivity index (χ3v) is 5.62. The van der Waals surface area contributed by atoms with E-state index in [-0.39, 0.29) is 16.7 Å². The quantitative estimate of drug-likeness (QED) is 0.796. The Labute approximate surface area is 133 Å². The number of hydrogen-bond acceptors (Lipinski definition) is 3. The van der Waals surface area contributed by atoms with Gasteiger partial charge in [0.1, 0.15) is 0 Å². The van der Waals surface area contributed by atoms with Crippen molar-refractivity contribution in [2.75, 3.05) is 5.32 Å². The molecule has 1 fully saturated rings. The largest absolute Gasteiger partial charge is 0.326 e. The molecule has 0 atom stereocenters. The number of nitrogens with two attached hydrogens (primary N) is 1. The molecule has 1 amide bonds. The van der Waals surface area contributed by atoms with Gasteiger partial charge in [-0.25, -0.2) is 13.6 Å². The van der Waals surface area contributed by atoms with E-state index >= 15 is 0 Å². The molecule has 1 aliphatic carbocycles. The first-order chi connectivity index (χ1) is 9.88. The molecule has 0 aliphatic heterocycles. The second kappa shape index (κ2) is 6.89. The minimum absolute atomic E-state index is 0.00663. The number of nitrogens with one attached hydrogen (secondary N) is 1. The van der Waals surface area contributed by atoms with Gasteiger partial charge in [-0.2, -0.15) is 0 Å². The molecular formula is C14H19BrN2O3S. The molecule has 0 aromatic heterocycles. The van der Waals surface area contributed by atoms with Crippen LogP contribution in [0.4, 0.5) is 5.69 Å². The summed E-state index contributed by atoms with van der Waals surface area (Å²) in [6, 6.07) is 4.51. The molecule has 0 radical (unpaired) electrons. The molecule has 0 heterocycles. The molecular weight excluding hydrogens is 356 g/mol. The van der Waals surface area contributed by atoms with Gasteiger partial charge in [0.05, 0.1) is 4.90 Å². The second-order valence-corrected chi connectivity index (χ2v) is 7.75. The fourth-order valence-electron chi connectivity index (χ4n) is 2.60. The summed E-state index contributed by atoms with van der Waals surface area (Å²) in [4.78, 5) is 12.3. The Balaban J connectivity index is 2.09. The minimum atomic E-state index is -3.76. The monoisotopic (exact) mass is 374 g/mol. The van der Waals surface area contributed by atoms with Crippen molar-refractivity contribution < 1.29 is 13.2 Å². The van der Waals surface area contributed by atoms with Crippen LogP contribution in [0, 0.1) is 5.92 Å². The van der Waals surface area contributed by atoms with Crippen LogP contribution in [0.1, 0.15) is 38.5 Å². The molecule has 21 heavy (non-hydrogen) atoms. The van der Waals surface area contributed by atoms with Gasteiger partial charge < -0.3 is 5.32 Å². The Morgan fingerprint density at radius 3 is 2.33 bits per heavy atom. The molecule has 116 valence electrons. The number of amides is 1. The average molecular weight is 375 g/mol. The standard InChI is InChI=1S/C14H19BrN2O3S/c15-12-9-11(7-8-13(12)21(16,19)20)17-14(18)10-5-3-1-2-4-6-10/h7-10H,1-6H2,(H,17,18)(H2,16,19,20). The van der Waals surface area contributed by atoms with Crippen molar-refractivity contribution in [3.05, 3.63) is 22.7 Å². The van der Waals surface area contributed by atoms with Crippen LogP contribution < -0.4 is 10.5 Å².